The van der Waals surface area contributed by atoms with Crippen molar-refractivity contribution in [2.75, 3.05) is 6.61 Å². The SMILES string of the molecule is CCCCCCCCCCCCOc1ccc(-c2ccc(C(=O)Oc3ccc(C(=O)Oc4cccc(C(=O)Oc5ccc(OC(=O)c6ccc(O[C@@H](C)CCCCCC)cc6)cc5)c4)cc3)cc2)cc1. The maximum absolute atomic E-state index is 13.0. The van der Waals surface area contributed by atoms with Crippen molar-refractivity contribution in [1.82, 2.24) is 0 Å². The lowest BCUT2D eigenvalue weighted by atomic mass is 10.0. The number of hydrogen-bond donors (Lipinski definition) is 0. The Morgan fingerprint density at radius 1 is 0.371 bits per heavy atom. The Morgan fingerprint density at radius 3 is 1.24 bits per heavy atom. The lowest BCUT2D eigenvalue weighted by molar-refractivity contribution is 0.0713. The predicted octanol–water partition coefficient (Wildman–Crippen LogP) is 15.3. The van der Waals surface area contributed by atoms with Gasteiger partial charge in [-0.05, 0) is 153 Å². The number of ether oxygens (including phenoxy) is 6. The summed E-state index contributed by atoms with van der Waals surface area (Å²) in [6.07, 6.45) is 18.7. The van der Waals surface area contributed by atoms with E-state index in [-0.39, 0.29) is 40.2 Å². The third kappa shape index (κ3) is 17.4. The van der Waals surface area contributed by atoms with E-state index in [9.17, 15) is 19.2 Å². The number of carbonyl (C=O) groups excluding carboxylic acids is 4. The van der Waals surface area contributed by atoms with Crippen LogP contribution < -0.4 is 28.4 Å². The van der Waals surface area contributed by atoms with Crippen LogP contribution in [-0.4, -0.2) is 36.6 Å². The monoisotopic (exact) mass is 946 g/mol. The van der Waals surface area contributed by atoms with E-state index in [1.807, 2.05) is 43.3 Å². The predicted molar refractivity (Wildman–Crippen MR) is 274 cm³/mol. The quantitative estimate of drug-likeness (QED) is 0.0267. The number of hydrogen-bond acceptors (Lipinski definition) is 10. The first-order valence-corrected chi connectivity index (χ1v) is 25.0. The van der Waals surface area contributed by atoms with Gasteiger partial charge in [-0.3, -0.25) is 0 Å². The van der Waals surface area contributed by atoms with Gasteiger partial charge in [-0.2, -0.15) is 0 Å². The molecule has 0 bridgehead atoms. The molecular weight excluding hydrogens is 881 g/mol. The first-order chi connectivity index (χ1) is 34.2. The Morgan fingerprint density at radius 2 is 0.743 bits per heavy atom. The van der Waals surface area contributed by atoms with Gasteiger partial charge in [0.15, 0.2) is 0 Å². The molecule has 0 aliphatic carbocycles. The molecule has 6 aromatic carbocycles. The molecule has 366 valence electrons. The zero-order valence-corrected chi connectivity index (χ0v) is 40.8. The molecule has 0 unspecified atom stereocenters. The topological polar surface area (TPSA) is 124 Å². The first kappa shape index (κ1) is 52.2. The van der Waals surface area contributed by atoms with E-state index >= 15 is 0 Å². The standard InChI is InChI=1S/C60H66O10/c1-4-6-8-10-11-12-13-14-15-17-42-65-51-32-26-46(27-33-51)45-22-24-47(25-23-45)57(61)67-53-36-30-49(31-37-53)59(63)70-56-21-18-20-50(43-56)60(64)69-55-40-38-54(39-41-55)68-58(62)48-28-34-52(35-29-48)66-44(3)19-16-9-7-5-2/h18,20-41,43-44H,4-17,19,42H2,1-3H3/t44-/m0/s1. The third-order valence-corrected chi connectivity index (χ3v) is 11.8. The zero-order valence-electron chi connectivity index (χ0n) is 40.8. The van der Waals surface area contributed by atoms with Crippen LogP contribution in [0.15, 0.2) is 146 Å². The van der Waals surface area contributed by atoms with Crippen LogP contribution >= 0.6 is 0 Å². The van der Waals surface area contributed by atoms with E-state index in [0.717, 1.165) is 36.1 Å². The minimum Gasteiger partial charge on any atom is -0.494 e. The van der Waals surface area contributed by atoms with Crippen molar-refractivity contribution in [3.8, 4) is 45.6 Å². The van der Waals surface area contributed by atoms with Gasteiger partial charge in [0, 0.05) is 0 Å². The summed E-state index contributed by atoms with van der Waals surface area (Å²) in [6, 6.07) is 40.1. The molecule has 0 aliphatic rings. The molecule has 0 saturated carbocycles. The summed E-state index contributed by atoms with van der Waals surface area (Å²) in [5.74, 6) is -0.0306. The van der Waals surface area contributed by atoms with Gasteiger partial charge in [-0.1, -0.05) is 121 Å². The molecule has 0 aliphatic heterocycles. The number of esters is 4. The first-order valence-electron chi connectivity index (χ1n) is 25.0. The smallest absolute Gasteiger partial charge is 0.343 e. The van der Waals surface area contributed by atoms with E-state index in [0.29, 0.717) is 23.5 Å². The molecule has 0 saturated heterocycles. The fourth-order valence-corrected chi connectivity index (χ4v) is 7.73. The molecule has 1 atom stereocenters. The maximum atomic E-state index is 13.0. The Hall–Kier alpha value is -7.20. The highest BCUT2D eigenvalue weighted by Crippen LogP contribution is 2.26. The minimum absolute atomic E-state index is 0.0818. The van der Waals surface area contributed by atoms with Crippen molar-refractivity contribution < 1.29 is 47.6 Å². The van der Waals surface area contributed by atoms with Gasteiger partial charge in [-0.25, -0.2) is 19.2 Å². The van der Waals surface area contributed by atoms with Crippen molar-refractivity contribution in [2.24, 2.45) is 0 Å². The van der Waals surface area contributed by atoms with Crippen molar-refractivity contribution in [3.05, 3.63) is 168 Å². The molecule has 0 radical (unpaired) electrons. The van der Waals surface area contributed by atoms with Crippen molar-refractivity contribution in [2.45, 2.75) is 123 Å². The van der Waals surface area contributed by atoms with Gasteiger partial charge in [0.2, 0.25) is 0 Å². The molecule has 70 heavy (non-hydrogen) atoms. The molecule has 0 aromatic heterocycles. The van der Waals surface area contributed by atoms with Crippen LogP contribution in [0, 0.1) is 0 Å². The molecule has 10 nitrogen and oxygen atoms in total. The van der Waals surface area contributed by atoms with Crippen LogP contribution in [0.3, 0.4) is 0 Å². The highest BCUT2D eigenvalue weighted by Gasteiger charge is 2.16. The summed E-state index contributed by atoms with van der Waals surface area (Å²) in [5.41, 5.74) is 3.06. The van der Waals surface area contributed by atoms with Crippen LogP contribution in [-0.2, 0) is 0 Å². The third-order valence-electron chi connectivity index (χ3n) is 11.8. The second-order valence-corrected chi connectivity index (χ2v) is 17.5. The molecule has 0 spiro atoms. The van der Waals surface area contributed by atoms with Gasteiger partial charge in [0.25, 0.3) is 0 Å². The van der Waals surface area contributed by atoms with E-state index in [1.165, 1.54) is 138 Å². The van der Waals surface area contributed by atoms with Crippen molar-refractivity contribution in [1.29, 1.82) is 0 Å². The molecule has 10 heteroatoms. The number of carbonyl (C=O) groups is 4. The van der Waals surface area contributed by atoms with E-state index in [1.54, 1.807) is 48.5 Å². The highest BCUT2D eigenvalue weighted by atomic mass is 16.6. The Bertz CT molecular complexity index is 2530. The summed E-state index contributed by atoms with van der Waals surface area (Å²) in [5, 5.41) is 0. The lowest BCUT2D eigenvalue weighted by Gasteiger charge is -2.14. The summed E-state index contributed by atoms with van der Waals surface area (Å²) in [7, 11) is 0. The van der Waals surface area contributed by atoms with Crippen LogP contribution in [0.25, 0.3) is 11.1 Å². The second kappa shape index (κ2) is 28.3. The van der Waals surface area contributed by atoms with Crippen LogP contribution in [0.4, 0.5) is 0 Å². The van der Waals surface area contributed by atoms with Crippen molar-refractivity contribution in [3.63, 3.8) is 0 Å². The maximum Gasteiger partial charge on any atom is 0.343 e. The molecule has 0 N–H and O–H groups in total. The van der Waals surface area contributed by atoms with E-state index in [4.69, 9.17) is 28.4 Å². The molecular formula is C60H66O10. The minimum atomic E-state index is -0.685. The fourth-order valence-electron chi connectivity index (χ4n) is 7.73. The lowest BCUT2D eigenvalue weighted by Crippen LogP contribution is -2.12. The second-order valence-electron chi connectivity index (χ2n) is 17.5. The summed E-state index contributed by atoms with van der Waals surface area (Å²) in [4.78, 5) is 51.9. The summed E-state index contributed by atoms with van der Waals surface area (Å²) >= 11 is 0. The summed E-state index contributed by atoms with van der Waals surface area (Å²) in [6.45, 7) is 7.20. The number of benzene rings is 6. The number of unbranched alkanes of at least 4 members (excludes halogenated alkanes) is 12. The molecule has 0 fully saturated rings. The van der Waals surface area contributed by atoms with Gasteiger partial charge < -0.3 is 28.4 Å². The molecule has 6 aromatic rings. The normalized spacial score (nSPS) is 11.3. The molecule has 0 heterocycles. The van der Waals surface area contributed by atoms with Gasteiger partial charge in [0.05, 0.1) is 35.0 Å². The van der Waals surface area contributed by atoms with E-state index < -0.39 is 23.9 Å². The van der Waals surface area contributed by atoms with Gasteiger partial charge in [0.1, 0.15) is 34.5 Å². The average molecular weight is 947 g/mol. The fraction of sp³-hybridized carbons (Fsp3) is 0.333. The Balaban J connectivity index is 0.899. The largest absolute Gasteiger partial charge is 0.494 e. The van der Waals surface area contributed by atoms with Gasteiger partial charge in [-0.15, -0.1) is 0 Å². The number of rotatable bonds is 28. The highest BCUT2D eigenvalue weighted by molar-refractivity contribution is 5.94. The van der Waals surface area contributed by atoms with Gasteiger partial charge >= 0.3 is 23.9 Å². The average Bonchev–Trinajstić information content (AvgIpc) is 3.38. The van der Waals surface area contributed by atoms with Crippen LogP contribution in [0.5, 0.6) is 34.5 Å². The van der Waals surface area contributed by atoms with E-state index in [2.05, 4.69) is 13.8 Å². The molecule has 0 amide bonds. The zero-order chi connectivity index (χ0) is 49.3. The van der Waals surface area contributed by atoms with Crippen LogP contribution in [0.1, 0.15) is 159 Å². The van der Waals surface area contributed by atoms with Crippen molar-refractivity contribution >= 4 is 23.9 Å². The summed E-state index contributed by atoms with van der Waals surface area (Å²) < 4.78 is 34.1. The van der Waals surface area contributed by atoms with Crippen LogP contribution in [0.2, 0.25) is 0 Å². The Labute approximate surface area is 413 Å². The Kier molecular flexibility index (Phi) is 21.1. The molecule has 6 rings (SSSR count).